The Bertz CT molecular complexity index is 1120. The third-order valence-corrected chi connectivity index (χ3v) is 5.38. The van der Waals surface area contributed by atoms with Crippen LogP contribution in [0.5, 0.6) is 0 Å². The maximum Gasteiger partial charge on any atom is 0.315 e. The van der Waals surface area contributed by atoms with Gasteiger partial charge in [0.1, 0.15) is 0 Å². The van der Waals surface area contributed by atoms with Crippen LogP contribution in [0.25, 0.3) is 10.8 Å². The quantitative estimate of drug-likeness (QED) is 0.412. The zero-order valence-electron chi connectivity index (χ0n) is 17.7. The van der Waals surface area contributed by atoms with Crippen LogP contribution in [0.3, 0.4) is 0 Å². The van der Waals surface area contributed by atoms with E-state index in [1.807, 2.05) is 42.5 Å². The van der Waals surface area contributed by atoms with Crippen molar-refractivity contribution in [2.75, 3.05) is 18.4 Å². The van der Waals surface area contributed by atoms with Crippen LogP contribution in [0.2, 0.25) is 0 Å². The summed E-state index contributed by atoms with van der Waals surface area (Å²) in [6.07, 6.45) is 1.89. The number of hydrogen-bond acceptors (Lipinski definition) is 3. The lowest BCUT2D eigenvalue weighted by Gasteiger charge is -2.11. The van der Waals surface area contributed by atoms with Crippen molar-refractivity contribution in [2.45, 2.75) is 19.4 Å². The summed E-state index contributed by atoms with van der Waals surface area (Å²) in [5.41, 5.74) is 2.22. The van der Waals surface area contributed by atoms with Gasteiger partial charge in [-0.05, 0) is 53.4 Å². The highest BCUT2D eigenvalue weighted by atomic mass is 16.2. The Kier molecular flexibility index (Phi) is 6.65. The molecule has 1 aliphatic carbocycles. The smallest absolute Gasteiger partial charge is 0.315 e. The highest BCUT2D eigenvalue weighted by Gasteiger charge is 2.29. The van der Waals surface area contributed by atoms with Crippen molar-refractivity contribution in [3.63, 3.8) is 0 Å². The van der Waals surface area contributed by atoms with Crippen LogP contribution in [-0.2, 0) is 11.3 Å². The van der Waals surface area contributed by atoms with E-state index < -0.39 is 0 Å². The van der Waals surface area contributed by atoms with Gasteiger partial charge >= 0.3 is 6.03 Å². The minimum absolute atomic E-state index is 0.0343. The summed E-state index contributed by atoms with van der Waals surface area (Å²) in [5.74, 6) is -0.0650. The zero-order chi connectivity index (χ0) is 22.3. The van der Waals surface area contributed by atoms with Gasteiger partial charge in [-0.2, -0.15) is 0 Å². The molecular weight excluding hydrogens is 404 g/mol. The number of hydrogen-bond donors (Lipinski definition) is 4. The van der Waals surface area contributed by atoms with Crippen molar-refractivity contribution >= 4 is 34.3 Å². The SMILES string of the molecule is O=C(NCCNC(=O)c1ccc(NC(=O)C2CC2)cc1)NCc1cccc2ccccc12. The van der Waals surface area contributed by atoms with Gasteiger partial charge in [-0.15, -0.1) is 0 Å². The monoisotopic (exact) mass is 430 g/mol. The van der Waals surface area contributed by atoms with Crippen LogP contribution < -0.4 is 21.3 Å². The molecule has 4 N–H and O–H groups in total. The molecule has 0 aliphatic heterocycles. The Morgan fingerprint density at radius 1 is 0.781 bits per heavy atom. The summed E-state index contributed by atoms with van der Waals surface area (Å²) < 4.78 is 0. The standard InChI is InChI=1S/C25H26N4O3/c30-23(18-10-12-21(13-11-18)29-24(31)19-8-9-19)26-14-15-27-25(32)28-16-20-6-3-5-17-4-1-2-7-22(17)20/h1-7,10-13,19H,8-9,14-16H2,(H,26,30)(H,29,31)(H2,27,28,32). The molecule has 0 atom stereocenters. The number of fused-ring (bicyclic) bond motifs is 1. The second kappa shape index (κ2) is 9.96. The molecule has 0 aromatic heterocycles. The van der Waals surface area contributed by atoms with E-state index in [1.54, 1.807) is 24.3 Å². The van der Waals surface area contributed by atoms with E-state index in [4.69, 9.17) is 0 Å². The van der Waals surface area contributed by atoms with Crippen LogP contribution in [0, 0.1) is 5.92 Å². The molecule has 0 radical (unpaired) electrons. The summed E-state index contributed by atoms with van der Waals surface area (Å²) in [4.78, 5) is 36.1. The molecule has 7 nitrogen and oxygen atoms in total. The van der Waals surface area contributed by atoms with Gasteiger partial charge < -0.3 is 21.3 Å². The summed E-state index contributed by atoms with van der Waals surface area (Å²) >= 11 is 0. The van der Waals surface area contributed by atoms with Gasteiger partial charge in [0.05, 0.1) is 0 Å². The minimum Gasteiger partial charge on any atom is -0.350 e. The number of nitrogens with one attached hydrogen (secondary N) is 4. The van der Waals surface area contributed by atoms with Gasteiger partial charge in [-0.1, -0.05) is 42.5 Å². The van der Waals surface area contributed by atoms with Gasteiger partial charge in [-0.25, -0.2) is 4.79 Å². The first-order chi connectivity index (χ1) is 15.6. The Balaban J connectivity index is 1.16. The largest absolute Gasteiger partial charge is 0.350 e. The van der Waals surface area contributed by atoms with Gasteiger partial charge in [0.15, 0.2) is 0 Å². The summed E-state index contributed by atoms with van der Waals surface area (Å²) in [6, 6.07) is 20.5. The van der Waals surface area contributed by atoms with E-state index in [1.165, 1.54) is 0 Å². The Labute approximate surface area is 186 Å². The molecule has 4 rings (SSSR count). The van der Waals surface area contributed by atoms with Crippen molar-refractivity contribution in [3.8, 4) is 0 Å². The maximum atomic E-state index is 12.2. The molecule has 32 heavy (non-hydrogen) atoms. The fourth-order valence-electron chi connectivity index (χ4n) is 3.43. The predicted octanol–water partition coefficient (Wildman–Crippen LogP) is 3.42. The zero-order valence-corrected chi connectivity index (χ0v) is 17.7. The van der Waals surface area contributed by atoms with Crippen molar-refractivity contribution in [2.24, 2.45) is 5.92 Å². The van der Waals surface area contributed by atoms with E-state index in [-0.39, 0.29) is 23.8 Å². The molecule has 0 unspecified atom stereocenters. The Morgan fingerprint density at radius 2 is 1.50 bits per heavy atom. The Hall–Kier alpha value is -3.87. The number of benzene rings is 3. The lowest BCUT2D eigenvalue weighted by atomic mass is 10.0. The molecule has 3 aromatic rings. The third kappa shape index (κ3) is 5.63. The normalized spacial score (nSPS) is 12.8. The minimum atomic E-state index is -0.289. The van der Waals surface area contributed by atoms with E-state index >= 15 is 0 Å². The molecule has 164 valence electrons. The fourth-order valence-corrected chi connectivity index (χ4v) is 3.43. The lowest BCUT2D eigenvalue weighted by molar-refractivity contribution is -0.117. The molecule has 1 saturated carbocycles. The van der Waals surface area contributed by atoms with Gasteiger partial charge in [0.25, 0.3) is 5.91 Å². The summed E-state index contributed by atoms with van der Waals surface area (Å²) in [5, 5.41) is 13.4. The number of carbonyl (C=O) groups is 3. The van der Waals surface area contributed by atoms with Crippen LogP contribution in [0.15, 0.2) is 66.7 Å². The maximum absolute atomic E-state index is 12.2. The van der Waals surface area contributed by atoms with E-state index in [2.05, 4.69) is 21.3 Å². The molecular formula is C25H26N4O3. The van der Waals surface area contributed by atoms with Gasteiger partial charge in [0.2, 0.25) is 5.91 Å². The summed E-state index contributed by atoms with van der Waals surface area (Å²) in [7, 11) is 0. The number of urea groups is 1. The van der Waals surface area contributed by atoms with E-state index in [0.29, 0.717) is 30.9 Å². The molecule has 0 saturated heterocycles. The molecule has 7 heteroatoms. The second-order valence-corrected chi connectivity index (χ2v) is 7.84. The number of carbonyl (C=O) groups excluding carboxylic acids is 3. The highest BCUT2D eigenvalue weighted by molar-refractivity contribution is 5.96. The van der Waals surface area contributed by atoms with E-state index in [0.717, 1.165) is 29.2 Å². The molecule has 0 bridgehead atoms. The van der Waals surface area contributed by atoms with Crippen LogP contribution in [-0.4, -0.2) is 30.9 Å². The average molecular weight is 431 g/mol. The topological polar surface area (TPSA) is 99.3 Å². The first-order valence-electron chi connectivity index (χ1n) is 10.8. The van der Waals surface area contributed by atoms with Crippen molar-refractivity contribution in [1.29, 1.82) is 0 Å². The van der Waals surface area contributed by atoms with Crippen LogP contribution >= 0.6 is 0 Å². The molecule has 1 fully saturated rings. The predicted molar refractivity (Wildman–Crippen MR) is 124 cm³/mol. The number of amides is 4. The van der Waals surface area contributed by atoms with Gasteiger partial charge in [0, 0.05) is 36.8 Å². The second-order valence-electron chi connectivity index (χ2n) is 7.84. The first-order valence-corrected chi connectivity index (χ1v) is 10.8. The highest BCUT2D eigenvalue weighted by Crippen LogP contribution is 2.30. The molecule has 0 spiro atoms. The third-order valence-electron chi connectivity index (χ3n) is 5.38. The lowest BCUT2D eigenvalue weighted by Crippen LogP contribution is -2.40. The molecule has 3 aromatic carbocycles. The Morgan fingerprint density at radius 3 is 2.28 bits per heavy atom. The molecule has 0 heterocycles. The van der Waals surface area contributed by atoms with Crippen molar-refractivity contribution in [3.05, 3.63) is 77.9 Å². The number of rotatable bonds is 8. The summed E-state index contributed by atoms with van der Waals surface area (Å²) in [6.45, 7) is 1.03. The average Bonchev–Trinajstić information content (AvgIpc) is 3.66. The van der Waals surface area contributed by atoms with Gasteiger partial charge in [-0.3, -0.25) is 9.59 Å². The van der Waals surface area contributed by atoms with E-state index in [9.17, 15) is 14.4 Å². The van der Waals surface area contributed by atoms with Crippen molar-refractivity contribution < 1.29 is 14.4 Å². The molecule has 1 aliphatic rings. The van der Waals surface area contributed by atoms with Crippen LogP contribution in [0.1, 0.15) is 28.8 Å². The number of anilines is 1. The first kappa shape index (κ1) is 21.4. The fraction of sp³-hybridized carbons (Fsp3) is 0.240. The molecule has 4 amide bonds. The van der Waals surface area contributed by atoms with Crippen LogP contribution in [0.4, 0.5) is 10.5 Å². The van der Waals surface area contributed by atoms with Crippen molar-refractivity contribution in [1.82, 2.24) is 16.0 Å².